The third-order valence-electron chi connectivity index (χ3n) is 3.45. The quantitative estimate of drug-likeness (QED) is 0.293. The Kier molecular flexibility index (Phi) is 22.2. The van der Waals surface area contributed by atoms with Gasteiger partial charge in [0, 0.05) is 11.8 Å². The van der Waals surface area contributed by atoms with E-state index in [9.17, 15) is 0 Å². The van der Waals surface area contributed by atoms with E-state index in [1.54, 1.807) is 0 Å². The molecule has 166 valence electrons. The fourth-order valence-corrected chi connectivity index (χ4v) is 2.34. The van der Waals surface area contributed by atoms with Crippen LogP contribution in [0, 0.1) is 51.7 Å². The van der Waals surface area contributed by atoms with Gasteiger partial charge in [0.2, 0.25) is 0 Å². The molecule has 0 fully saturated rings. The average Bonchev–Trinajstić information content (AvgIpc) is 3.47. The second-order valence-corrected chi connectivity index (χ2v) is 5.30. The SMILES string of the molecule is C#CC(=O)O.C#CC(=O)O.[C-]1=CC=CC1.[CH3-].[CH3-].[SiH2]=[Ti].[c-]1cccc2c1Cc1ccccc1-2. The summed E-state index contributed by atoms with van der Waals surface area (Å²) in [5, 5.41) is 15.0. The molecule has 0 aromatic heterocycles. The number of hydrogen-bond acceptors (Lipinski definition) is 2. The fraction of sp³-hybridized carbons (Fsp3) is 0.0769. The number of carboxylic acid groups (broad SMARTS) is 2. The van der Waals surface area contributed by atoms with Crippen LogP contribution in [0.3, 0.4) is 0 Å². The van der Waals surface area contributed by atoms with Crippen molar-refractivity contribution in [3.63, 3.8) is 0 Å². The molecule has 0 atom stereocenters. The Morgan fingerprint density at radius 1 is 0.969 bits per heavy atom. The zero-order valence-corrected chi connectivity index (χ0v) is 21.2. The van der Waals surface area contributed by atoms with Crippen molar-refractivity contribution in [2.45, 2.75) is 12.8 Å². The molecule has 0 unspecified atom stereocenters. The van der Waals surface area contributed by atoms with Gasteiger partial charge in [0.15, 0.2) is 0 Å². The van der Waals surface area contributed by atoms with Crippen molar-refractivity contribution in [1.82, 2.24) is 0 Å². The Bertz CT molecular complexity index is 904. The van der Waals surface area contributed by atoms with Crippen molar-refractivity contribution in [2.75, 3.05) is 0 Å². The van der Waals surface area contributed by atoms with Gasteiger partial charge in [-0.15, -0.1) is 24.8 Å². The summed E-state index contributed by atoms with van der Waals surface area (Å²) in [5.41, 5.74) is 5.51. The largest absolute Gasteiger partial charge is 0.179 e. The van der Waals surface area contributed by atoms with Crippen LogP contribution in [0.15, 0.2) is 60.7 Å². The second kappa shape index (κ2) is 21.2. The first-order valence-corrected chi connectivity index (χ1v) is 12.6. The van der Waals surface area contributed by atoms with E-state index in [2.05, 4.69) is 67.5 Å². The summed E-state index contributed by atoms with van der Waals surface area (Å²) in [5.74, 6) is 0.454. The van der Waals surface area contributed by atoms with Crippen molar-refractivity contribution >= 4 is 19.6 Å². The maximum absolute atomic E-state index is 9.13. The van der Waals surface area contributed by atoms with Crippen LogP contribution in [0.5, 0.6) is 0 Å². The van der Waals surface area contributed by atoms with Crippen LogP contribution in [0.4, 0.5) is 0 Å². The molecule has 2 aliphatic carbocycles. The molecule has 0 radical (unpaired) electrons. The van der Waals surface area contributed by atoms with E-state index in [1.165, 1.54) is 34.1 Å². The molecule has 0 heterocycles. The van der Waals surface area contributed by atoms with Gasteiger partial charge >= 0.3 is 38.7 Å². The first-order valence-electron chi connectivity index (χ1n) is 8.53. The predicted octanol–water partition coefficient (Wildman–Crippen LogP) is 3.75. The number of fused-ring (bicyclic) bond motifs is 3. The van der Waals surface area contributed by atoms with Gasteiger partial charge in [-0.25, -0.2) is 21.7 Å². The third-order valence-corrected chi connectivity index (χ3v) is 3.45. The zero-order valence-electron chi connectivity index (χ0n) is 18.3. The molecule has 2 aromatic carbocycles. The number of benzene rings is 2. The Morgan fingerprint density at radius 2 is 1.50 bits per heavy atom. The van der Waals surface area contributed by atoms with Gasteiger partial charge in [-0.05, 0) is 6.42 Å². The summed E-state index contributed by atoms with van der Waals surface area (Å²) in [6.45, 7) is 0. The molecule has 32 heavy (non-hydrogen) atoms. The predicted molar refractivity (Wildman–Crippen MR) is 129 cm³/mol. The summed E-state index contributed by atoms with van der Waals surface area (Å²) >= 11 is 2.03. The first kappa shape index (κ1) is 33.5. The van der Waals surface area contributed by atoms with Crippen molar-refractivity contribution in [3.05, 3.63) is 98.8 Å². The molecule has 6 heteroatoms. The van der Waals surface area contributed by atoms with E-state index in [4.69, 9.17) is 19.8 Å². The van der Waals surface area contributed by atoms with Crippen LogP contribution >= 0.6 is 0 Å². The van der Waals surface area contributed by atoms with Crippen LogP contribution in [0.1, 0.15) is 17.5 Å². The van der Waals surface area contributed by atoms with Crippen LogP contribution in [0.2, 0.25) is 0 Å². The van der Waals surface area contributed by atoms with Gasteiger partial charge in [0.25, 0.3) is 0 Å². The summed E-state index contributed by atoms with van der Waals surface area (Å²) < 4.78 is 0. The number of carbonyl (C=O) groups is 2. The molecule has 0 aliphatic heterocycles. The summed E-state index contributed by atoms with van der Waals surface area (Å²) in [7, 11) is 1.86. The van der Waals surface area contributed by atoms with E-state index in [1.807, 2.05) is 45.0 Å². The summed E-state index contributed by atoms with van der Waals surface area (Å²) in [6, 6.07) is 18.1. The van der Waals surface area contributed by atoms with Crippen molar-refractivity contribution in [1.29, 1.82) is 0 Å². The molecule has 0 saturated carbocycles. The minimum absolute atomic E-state index is 0. The number of aliphatic carboxylic acids is 2. The van der Waals surface area contributed by atoms with E-state index in [-0.39, 0.29) is 14.9 Å². The molecule has 0 spiro atoms. The van der Waals surface area contributed by atoms with Gasteiger partial charge in [-0.3, -0.25) is 6.08 Å². The number of carboxylic acids is 2. The molecule has 4 rings (SSSR count). The molecular formula is C26H26O4SiTi-4. The molecule has 0 saturated heterocycles. The first-order chi connectivity index (χ1) is 14.5. The van der Waals surface area contributed by atoms with E-state index >= 15 is 0 Å². The van der Waals surface area contributed by atoms with Crippen LogP contribution in [-0.2, 0) is 35.2 Å². The van der Waals surface area contributed by atoms with Gasteiger partial charge in [-0.2, -0.15) is 35.9 Å². The molecule has 2 aromatic rings. The van der Waals surface area contributed by atoms with Crippen molar-refractivity contribution in [2.24, 2.45) is 0 Å². The number of rotatable bonds is 0. The Morgan fingerprint density at radius 3 is 1.94 bits per heavy atom. The van der Waals surface area contributed by atoms with Crippen molar-refractivity contribution in [3.8, 4) is 35.8 Å². The summed E-state index contributed by atoms with van der Waals surface area (Å²) in [4.78, 5) is 18.3. The number of terminal acetylenes is 2. The van der Waals surface area contributed by atoms with E-state index < -0.39 is 11.9 Å². The molecule has 2 aliphatic rings. The van der Waals surface area contributed by atoms with Gasteiger partial charge in [0.1, 0.15) is 0 Å². The van der Waals surface area contributed by atoms with Gasteiger partial charge in [-0.1, -0.05) is 35.4 Å². The molecule has 0 amide bonds. The normalized spacial score (nSPS) is 9.53. The Balaban J connectivity index is -0.000000378. The molecular weight excluding hydrogens is 452 g/mol. The van der Waals surface area contributed by atoms with Crippen molar-refractivity contribution < 1.29 is 39.0 Å². The average molecular weight is 478 g/mol. The van der Waals surface area contributed by atoms with Crippen LogP contribution in [0.25, 0.3) is 11.1 Å². The standard InChI is InChI=1S/C13H9.C5H5.2C3H2O2.2CH3.H2Si.Ti/c1-3-7-12-10(5-1)9-11-6-2-4-8-13(11)12;1-2-4-5-3-1;2*1-2-3(4)5;;;;/h1-5,7-8H,9H2;1-3H,4H2;2*1H,(H,4,5);2*1H3;1H2;/q2*-1;;;2*-1;;. The smallest absolute Gasteiger partial charge is 0.0253 e. The van der Waals surface area contributed by atoms with Gasteiger partial charge in [0.05, 0.1) is 0 Å². The minimum atomic E-state index is -1.22. The topological polar surface area (TPSA) is 74.6 Å². The van der Waals surface area contributed by atoms with Gasteiger partial charge < -0.3 is 25.1 Å². The van der Waals surface area contributed by atoms with E-state index in [0.29, 0.717) is 0 Å². The number of hydrogen-bond donors (Lipinski definition) is 2. The van der Waals surface area contributed by atoms with Crippen LogP contribution < -0.4 is 0 Å². The molecule has 4 nitrogen and oxygen atoms in total. The summed E-state index contributed by atoms with van der Waals surface area (Å²) in [6.07, 6.45) is 19.7. The maximum atomic E-state index is 9.13. The second-order valence-electron chi connectivity index (χ2n) is 5.30. The third kappa shape index (κ3) is 14.0. The monoisotopic (exact) mass is 478 g/mol. The Labute approximate surface area is 205 Å². The maximum Gasteiger partial charge on any atom is -0.0253 e. The van der Waals surface area contributed by atoms with Crippen LogP contribution in [-0.4, -0.2) is 29.8 Å². The Hall–Kier alpha value is -3.09. The van der Waals surface area contributed by atoms with E-state index in [0.717, 1.165) is 12.8 Å². The fourth-order valence-electron chi connectivity index (χ4n) is 2.34. The zero-order chi connectivity index (χ0) is 22.8. The number of allylic oxidation sites excluding steroid dienone is 4. The minimum Gasteiger partial charge on any atom is -0.179 e. The molecule has 0 bridgehead atoms. The molecule has 2 N–H and O–H groups in total.